The predicted octanol–water partition coefficient (Wildman–Crippen LogP) is 4.15. The van der Waals surface area contributed by atoms with Crippen LogP contribution in [0.3, 0.4) is 0 Å². The fraction of sp³-hybridized carbons (Fsp3) is 0.250. The molecule has 0 unspecified atom stereocenters. The Bertz CT molecular complexity index is 1280. The van der Waals surface area contributed by atoms with E-state index in [1.807, 2.05) is 17.5 Å². The van der Waals surface area contributed by atoms with Gasteiger partial charge in [0.05, 0.1) is 32.3 Å². The molecule has 7 heteroatoms. The number of fused-ring (bicyclic) bond motifs is 2. The number of hydrogen-bond donors (Lipinski definition) is 1. The number of nitrogens with one attached hydrogen (secondary N) is 1. The van der Waals surface area contributed by atoms with Gasteiger partial charge in [-0.3, -0.25) is 9.69 Å². The quantitative estimate of drug-likeness (QED) is 0.512. The molecule has 0 amide bonds. The number of rotatable bonds is 5. The second kappa shape index (κ2) is 8.17. The maximum Gasteiger partial charge on any atom is 0.268 e. The fourth-order valence-electron chi connectivity index (χ4n) is 4.38. The molecule has 2 aromatic heterocycles. The summed E-state index contributed by atoms with van der Waals surface area (Å²) in [7, 11) is 3.32. The monoisotopic (exact) mass is 433 g/mol. The van der Waals surface area contributed by atoms with Crippen LogP contribution in [-0.2, 0) is 13.0 Å². The average molecular weight is 434 g/mol. The van der Waals surface area contributed by atoms with E-state index < -0.39 is 0 Å². The largest absolute Gasteiger partial charge is 0.493 e. The molecule has 4 aromatic rings. The van der Waals surface area contributed by atoms with Crippen molar-refractivity contribution in [2.24, 2.45) is 0 Å². The summed E-state index contributed by atoms with van der Waals surface area (Å²) >= 11 is 1.42. The summed E-state index contributed by atoms with van der Waals surface area (Å²) in [5.74, 6) is 2.14. The van der Waals surface area contributed by atoms with Gasteiger partial charge in [-0.1, -0.05) is 30.3 Å². The van der Waals surface area contributed by atoms with E-state index in [1.54, 1.807) is 14.2 Å². The zero-order valence-corrected chi connectivity index (χ0v) is 18.2. The second-order valence-electron chi connectivity index (χ2n) is 7.59. The minimum atomic E-state index is -0.0740. The number of methoxy groups -OCH3 is 2. The van der Waals surface area contributed by atoms with Gasteiger partial charge < -0.3 is 14.5 Å². The zero-order valence-electron chi connectivity index (χ0n) is 17.4. The van der Waals surface area contributed by atoms with Crippen LogP contribution in [0.15, 0.2) is 58.7 Å². The van der Waals surface area contributed by atoms with Crippen LogP contribution < -0.4 is 15.0 Å². The molecule has 0 saturated heterocycles. The lowest BCUT2D eigenvalue weighted by Gasteiger charge is -2.37. The molecule has 0 aliphatic carbocycles. The first kappa shape index (κ1) is 19.8. The zero-order chi connectivity index (χ0) is 21.4. The van der Waals surface area contributed by atoms with Gasteiger partial charge in [0.25, 0.3) is 5.56 Å². The Labute approximate surface area is 184 Å². The molecule has 0 radical (unpaired) electrons. The second-order valence-corrected chi connectivity index (χ2v) is 8.50. The smallest absolute Gasteiger partial charge is 0.268 e. The van der Waals surface area contributed by atoms with Gasteiger partial charge in [0.15, 0.2) is 11.5 Å². The van der Waals surface area contributed by atoms with Crippen LogP contribution in [0.1, 0.15) is 28.6 Å². The standard InChI is InChI=1S/C24H23N3O3S/c1-29-19-12-16-8-10-27(14-21-25-18-9-11-31-23(18)24(28)26-21)22(15-6-4-3-5-7-15)17(16)13-20(19)30-2/h3-7,9,11-13,22H,8,10,14H2,1-2H3,(H,25,26,28)/t22-/m0/s1. The van der Waals surface area contributed by atoms with Crippen LogP contribution in [0, 0.1) is 0 Å². The predicted molar refractivity (Wildman–Crippen MR) is 122 cm³/mol. The molecule has 5 rings (SSSR count). The summed E-state index contributed by atoms with van der Waals surface area (Å²) in [6.07, 6.45) is 0.879. The molecule has 31 heavy (non-hydrogen) atoms. The molecule has 2 aromatic carbocycles. The highest BCUT2D eigenvalue weighted by atomic mass is 32.1. The van der Waals surface area contributed by atoms with E-state index in [1.165, 1.54) is 28.0 Å². The average Bonchev–Trinajstić information content (AvgIpc) is 3.28. The fourth-order valence-corrected chi connectivity index (χ4v) is 5.11. The third kappa shape index (κ3) is 3.60. The van der Waals surface area contributed by atoms with Crippen molar-refractivity contribution < 1.29 is 9.47 Å². The summed E-state index contributed by atoms with van der Waals surface area (Å²) in [6.45, 7) is 1.39. The lowest BCUT2D eigenvalue weighted by molar-refractivity contribution is 0.198. The molecule has 1 N–H and O–H groups in total. The molecular weight excluding hydrogens is 410 g/mol. The van der Waals surface area contributed by atoms with Gasteiger partial charge in [-0.2, -0.15) is 0 Å². The van der Waals surface area contributed by atoms with E-state index in [2.05, 4.69) is 46.3 Å². The third-order valence-electron chi connectivity index (χ3n) is 5.81. The minimum Gasteiger partial charge on any atom is -0.493 e. The Morgan fingerprint density at radius 2 is 1.90 bits per heavy atom. The molecule has 3 heterocycles. The van der Waals surface area contributed by atoms with Crippen LogP contribution in [0.2, 0.25) is 0 Å². The molecular formula is C24H23N3O3S. The molecule has 1 aliphatic rings. The SMILES string of the molecule is COc1cc2c(cc1OC)[C@H](c1ccccc1)N(Cc1nc3ccsc3c(=O)[nH]1)CC2. The van der Waals surface area contributed by atoms with Crippen molar-refractivity contribution in [3.63, 3.8) is 0 Å². The first-order valence-electron chi connectivity index (χ1n) is 10.2. The van der Waals surface area contributed by atoms with Gasteiger partial charge in [0, 0.05) is 6.54 Å². The topological polar surface area (TPSA) is 67.5 Å². The molecule has 0 saturated carbocycles. The number of benzene rings is 2. The number of nitrogens with zero attached hydrogens (tertiary/aromatic N) is 2. The van der Waals surface area contributed by atoms with E-state index in [-0.39, 0.29) is 11.6 Å². The number of ether oxygens (including phenoxy) is 2. The highest BCUT2D eigenvalue weighted by molar-refractivity contribution is 7.17. The van der Waals surface area contributed by atoms with E-state index in [9.17, 15) is 4.79 Å². The number of aromatic nitrogens is 2. The van der Waals surface area contributed by atoms with Crippen molar-refractivity contribution in [3.05, 3.63) is 86.8 Å². The maximum atomic E-state index is 12.5. The molecule has 0 bridgehead atoms. The Morgan fingerprint density at radius 1 is 1.13 bits per heavy atom. The lowest BCUT2D eigenvalue weighted by atomic mass is 9.87. The van der Waals surface area contributed by atoms with Gasteiger partial charge >= 0.3 is 0 Å². The van der Waals surface area contributed by atoms with E-state index >= 15 is 0 Å². The highest BCUT2D eigenvalue weighted by Crippen LogP contribution is 2.41. The summed E-state index contributed by atoms with van der Waals surface area (Å²) in [6, 6.07) is 16.5. The van der Waals surface area contributed by atoms with Crippen molar-refractivity contribution in [1.29, 1.82) is 0 Å². The van der Waals surface area contributed by atoms with Gasteiger partial charge in [0.1, 0.15) is 10.5 Å². The Morgan fingerprint density at radius 3 is 2.68 bits per heavy atom. The van der Waals surface area contributed by atoms with Crippen molar-refractivity contribution in [2.75, 3.05) is 20.8 Å². The van der Waals surface area contributed by atoms with Gasteiger partial charge in [-0.15, -0.1) is 11.3 Å². The van der Waals surface area contributed by atoms with Gasteiger partial charge in [-0.05, 0) is 46.7 Å². The Hall–Kier alpha value is -3.16. The first-order valence-corrected chi connectivity index (χ1v) is 11.1. The van der Waals surface area contributed by atoms with E-state index in [4.69, 9.17) is 14.5 Å². The summed E-state index contributed by atoms with van der Waals surface area (Å²) < 4.78 is 11.8. The highest BCUT2D eigenvalue weighted by Gasteiger charge is 2.31. The summed E-state index contributed by atoms with van der Waals surface area (Å²) in [5, 5.41) is 1.90. The van der Waals surface area contributed by atoms with Crippen LogP contribution in [0.25, 0.3) is 10.2 Å². The molecule has 6 nitrogen and oxygen atoms in total. The first-order chi connectivity index (χ1) is 15.2. The summed E-state index contributed by atoms with van der Waals surface area (Å²) in [4.78, 5) is 22.5. The van der Waals surface area contributed by atoms with E-state index in [0.29, 0.717) is 17.1 Å². The lowest BCUT2D eigenvalue weighted by Crippen LogP contribution is -2.36. The molecule has 158 valence electrons. The number of hydrogen-bond acceptors (Lipinski definition) is 6. The number of H-pyrrole nitrogens is 1. The molecule has 1 atom stereocenters. The maximum absolute atomic E-state index is 12.5. The summed E-state index contributed by atoms with van der Waals surface area (Å²) in [5.41, 5.74) is 4.31. The van der Waals surface area contributed by atoms with Gasteiger partial charge in [-0.25, -0.2) is 4.98 Å². The molecule has 0 spiro atoms. The Kier molecular flexibility index (Phi) is 5.21. The van der Waals surface area contributed by atoms with Crippen molar-refractivity contribution in [1.82, 2.24) is 14.9 Å². The third-order valence-corrected chi connectivity index (χ3v) is 6.71. The van der Waals surface area contributed by atoms with Crippen LogP contribution in [-0.4, -0.2) is 35.6 Å². The van der Waals surface area contributed by atoms with Crippen LogP contribution in [0.4, 0.5) is 0 Å². The Balaban J connectivity index is 1.59. The van der Waals surface area contributed by atoms with E-state index in [0.717, 1.165) is 30.0 Å². The van der Waals surface area contributed by atoms with Crippen molar-refractivity contribution in [3.8, 4) is 11.5 Å². The normalized spacial score (nSPS) is 16.3. The van der Waals surface area contributed by atoms with Gasteiger partial charge in [0.2, 0.25) is 0 Å². The molecule has 0 fully saturated rings. The van der Waals surface area contributed by atoms with Crippen molar-refractivity contribution in [2.45, 2.75) is 19.0 Å². The van der Waals surface area contributed by atoms with Crippen LogP contribution >= 0.6 is 11.3 Å². The number of thiophene rings is 1. The van der Waals surface area contributed by atoms with Crippen molar-refractivity contribution >= 4 is 21.6 Å². The number of aromatic amines is 1. The van der Waals surface area contributed by atoms with Crippen LogP contribution in [0.5, 0.6) is 11.5 Å². The minimum absolute atomic E-state index is 0.0215. The molecule has 1 aliphatic heterocycles.